The molecular formula is C19H25Li. The molecule has 3 rings (SSSR count). The van der Waals surface area contributed by atoms with E-state index in [2.05, 4.69) is 25.1 Å². The van der Waals surface area contributed by atoms with Crippen molar-refractivity contribution in [1.29, 1.82) is 0 Å². The van der Waals surface area contributed by atoms with Crippen LogP contribution in [0.25, 0.3) is 0 Å². The molecule has 1 heteroatoms. The Kier molecular flexibility index (Phi) is 13.8. The quantitative estimate of drug-likeness (QED) is 0.505. The maximum absolute atomic E-state index is 2.89. The molecule has 0 unspecified atom stereocenters. The van der Waals surface area contributed by atoms with Gasteiger partial charge in [0, 0.05) is 0 Å². The minimum atomic E-state index is 0. The van der Waals surface area contributed by atoms with Crippen LogP contribution in [-0.4, -0.2) is 0 Å². The third-order valence-electron chi connectivity index (χ3n) is 3.05. The summed E-state index contributed by atoms with van der Waals surface area (Å²) in [7, 11) is 0. The third-order valence-corrected chi connectivity index (χ3v) is 3.05. The van der Waals surface area contributed by atoms with Crippen LogP contribution in [0.3, 0.4) is 0 Å². The minimum Gasteiger partial charge on any atom is -0.184 e. The van der Waals surface area contributed by atoms with Gasteiger partial charge in [-0.05, 0) is 6.92 Å². The molecule has 1 aliphatic rings. The van der Waals surface area contributed by atoms with Gasteiger partial charge < -0.3 is 0 Å². The molecule has 0 aliphatic heterocycles. The third kappa shape index (κ3) is 12.1. The Morgan fingerprint density at radius 2 is 1.05 bits per heavy atom. The van der Waals surface area contributed by atoms with Gasteiger partial charge in [-0.25, -0.2) is 0 Å². The van der Waals surface area contributed by atoms with Gasteiger partial charge in [-0.1, -0.05) is 74.4 Å². The van der Waals surface area contributed by atoms with Crippen LogP contribution >= 0.6 is 0 Å². The van der Waals surface area contributed by atoms with E-state index in [4.69, 9.17) is 0 Å². The Balaban J connectivity index is 0.000000265. The second kappa shape index (κ2) is 14.4. The number of hydrogen-bond acceptors (Lipinski definition) is 0. The molecular weight excluding hydrogens is 235 g/mol. The average Bonchev–Trinajstić information content (AvgIpc) is 2.53. The predicted octanol–water partition coefficient (Wildman–Crippen LogP) is 2.83. The molecule has 0 spiro atoms. The molecule has 102 valence electrons. The van der Waals surface area contributed by atoms with E-state index in [0.717, 1.165) is 0 Å². The molecule has 0 bridgehead atoms. The summed E-state index contributed by atoms with van der Waals surface area (Å²) >= 11 is 0. The van der Waals surface area contributed by atoms with Crippen molar-refractivity contribution in [3.63, 3.8) is 0 Å². The van der Waals surface area contributed by atoms with Crippen molar-refractivity contribution in [3.8, 4) is 0 Å². The van der Waals surface area contributed by atoms with Gasteiger partial charge >= 0.3 is 18.9 Å². The Morgan fingerprint density at radius 1 is 0.650 bits per heavy atom. The Bertz CT molecular complexity index is 341. The average molecular weight is 260 g/mol. The molecule has 0 aromatic heterocycles. The molecule has 0 amide bonds. The van der Waals surface area contributed by atoms with E-state index in [1.165, 1.54) is 44.1 Å². The first-order valence-electron chi connectivity index (χ1n) is 7.32. The fourth-order valence-corrected chi connectivity index (χ4v) is 1.94. The first kappa shape index (κ1) is 19.0. The molecule has 1 saturated carbocycles. The summed E-state index contributed by atoms with van der Waals surface area (Å²) < 4.78 is 0. The van der Waals surface area contributed by atoms with E-state index >= 15 is 0 Å². The normalized spacial score (nSPS) is 12.7. The maximum Gasteiger partial charge on any atom is 1.00 e. The van der Waals surface area contributed by atoms with Crippen molar-refractivity contribution in [2.24, 2.45) is 0 Å². The van der Waals surface area contributed by atoms with Gasteiger partial charge in [0.25, 0.3) is 0 Å². The topological polar surface area (TPSA) is 0 Å². The maximum atomic E-state index is 2.89. The van der Waals surface area contributed by atoms with E-state index < -0.39 is 0 Å². The van der Waals surface area contributed by atoms with Crippen LogP contribution in [0, 0.1) is 13.0 Å². The van der Waals surface area contributed by atoms with Crippen LogP contribution in [0.15, 0.2) is 60.7 Å². The van der Waals surface area contributed by atoms with Crippen molar-refractivity contribution in [2.45, 2.75) is 45.4 Å². The molecule has 2 aromatic carbocycles. The van der Waals surface area contributed by atoms with Crippen LogP contribution in [-0.2, 0) is 0 Å². The van der Waals surface area contributed by atoms with Gasteiger partial charge in [0.2, 0.25) is 0 Å². The zero-order valence-corrected chi connectivity index (χ0v) is 13.0. The molecule has 0 atom stereocenters. The number of benzene rings is 2. The zero-order chi connectivity index (χ0) is 13.6. The van der Waals surface area contributed by atoms with E-state index in [1.807, 2.05) is 48.5 Å². The number of aryl methyl sites for hydroxylation is 1. The summed E-state index contributed by atoms with van der Waals surface area (Å²) in [6.07, 6.45) is 9.00. The summed E-state index contributed by atoms with van der Waals surface area (Å²) in [5.74, 6) is 0. The van der Waals surface area contributed by atoms with Gasteiger partial charge in [-0.3, -0.25) is 0 Å². The second-order valence-electron chi connectivity index (χ2n) is 4.85. The summed E-state index contributed by atoms with van der Waals surface area (Å²) in [6.45, 7) is 2.08. The van der Waals surface area contributed by atoms with E-state index in [0.29, 0.717) is 0 Å². The first-order chi connectivity index (χ1) is 9.39. The van der Waals surface area contributed by atoms with Crippen molar-refractivity contribution < 1.29 is 18.9 Å². The monoisotopic (exact) mass is 260 g/mol. The molecule has 1 aliphatic carbocycles. The van der Waals surface area contributed by atoms with Crippen LogP contribution < -0.4 is 18.9 Å². The SMILES string of the molecule is C1CCCCC1.Cc1ccccc1.[Li+].[c-]1ccccc1. The Hall–Kier alpha value is -0.963. The summed E-state index contributed by atoms with van der Waals surface area (Å²) in [4.78, 5) is 0. The summed E-state index contributed by atoms with van der Waals surface area (Å²) in [5, 5.41) is 0. The molecule has 1 fully saturated rings. The van der Waals surface area contributed by atoms with Gasteiger partial charge in [0.15, 0.2) is 0 Å². The van der Waals surface area contributed by atoms with E-state index in [9.17, 15) is 0 Å². The minimum absolute atomic E-state index is 0. The van der Waals surface area contributed by atoms with Crippen molar-refractivity contribution in [3.05, 3.63) is 72.3 Å². The fourth-order valence-electron chi connectivity index (χ4n) is 1.94. The first-order valence-corrected chi connectivity index (χ1v) is 7.32. The molecule has 2 aromatic rings. The van der Waals surface area contributed by atoms with Crippen LogP contribution in [0.1, 0.15) is 44.1 Å². The van der Waals surface area contributed by atoms with Gasteiger partial charge in [-0.2, -0.15) is 36.4 Å². The van der Waals surface area contributed by atoms with E-state index in [1.54, 1.807) is 0 Å². The predicted molar refractivity (Wildman–Crippen MR) is 84.2 cm³/mol. The van der Waals surface area contributed by atoms with Crippen LogP contribution in [0.2, 0.25) is 0 Å². The Labute approximate surface area is 136 Å². The van der Waals surface area contributed by atoms with Crippen molar-refractivity contribution >= 4 is 0 Å². The smallest absolute Gasteiger partial charge is 0.184 e. The van der Waals surface area contributed by atoms with Gasteiger partial charge in [0.05, 0.1) is 0 Å². The Morgan fingerprint density at radius 3 is 1.25 bits per heavy atom. The molecule has 0 N–H and O–H groups in total. The largest absolute Gasteiger partial charge is 1.00 e. The number of hydrogen-bond donors (Lipinski definition) is 0. The molecule has 0 nitrogen and oxygen atoms in total. The molecule has 0 radical (unpaired) electrons. The fraction of sp³-hybridized carbons (Fsp3) is 0.368. The van der Waals surface area contributed by atoms with E-state index in [-0.39, 0.29) is 18.9 Å². The molecule has 0 saturated heterocycles. The van der Waals surface area contributed by atoms with Crippen molar-refractivity contribution in [1.82, 2.24) is 0 Å². The van der Waals surface area contributed by atoms with Crippen molar-refractivity contribution in [2.75, 3.05) is 0 Å². The second-order valence-corrected chi connectivity index (χ2v) is 4.85. The zero-order valence-electron chi connectivity index (χ0n) is 13.0. The standard InChI is InChI=1S/C7H8.C6H12.C6H5.Li/c1-7-5-3-2-4-6-7;2*1-2-4-6-5-3-1;/h2-6H,1H3;1-6H2;1-5H;/q;;-1;+1. The summed E-state index contributed by atoms with van der Waals surface area (Å²) in [6, 6.07) is 22.8. The molecule has 0 heterocycles. The van der Waals surface area contributed by atoms with Gasteiger partial charge in [-0.15, -0.1) is 0 Å². The molecule has 20 heavy (non-hydrogen) atoms. The van der Waals surface area contributed by atoms with Crippen LogP contribution in [0.4, 0.5) is 0 Å². The number of rotatable bonds is 0. The van der Waals surface area contributed by atoms with Gasteiger partial charge in [0.1, 0.15) is 0 Å². The summed E-state index contributed by atoms with van der Waals surface area (Å²) in [5.41, 5.74) is 1.32. The van der Waals surface area contributed by atoms with Crippen LogP contribution in [0.5, 0.6) is 0 Å².